The highest BCUT2D eigenvalue weighted by Gasteiger charge is 2.32. The van der Waals surface area contributed by atoms with Gasteiger partial charge in [0.1, 0.15) is 0 Å². The van der Waals surface area contributed by atoms with Gasteiger partial charge in [-0.25, -0.2) is 0 Å². The third-order valence-corrected chi connectivity index (χ3v) is 4.48. The van der Waals surface area contributed by atoms with Gasteiger partial charge >= 0.3 is 12.1 Å². The molecule has 1 heterocycles. The number of ether oxygens (including phenoxy) is 1. The highest BCUT2D eigenvalue weighted by molar-refractivity contribution is 5.94. The molecule has 2 atom stereocenters. The van der Waals surface area contributed by atoms with Crippen molar-refractivity contribution >= 4 is 17.6 Å². The van der Waals surface area contributed by atoms with Gasteiger partial charge < -0.3 is 10.1 Å². The molecule has 1 amide bonds. The molecule has 144 valence electrons. The second-order valence-electron chi connectivity index (χ2n) is 6.33. The molecule has 2 rings (SSSR count). The van der Waals surface area contributed by atoms with E-state index in [0.717, 1.165) is 25.0 Å². The van der Waals surface area contributed by atoms with Crippen molar-refractivity contribution in [1.29, 1.82) is 0 Å². The molecular formula is C18H23F3N2O3. The van der Waals surface area contributed by atoms with Gasteiger partial charge in [-0.2, -0.15) is 13.2 Å². The third kappa shape index (κ3) is 5.20. The Hall–Kier alpha value is -2.09. The maximum absolute atomic E-state index is 12.6. The van der Waals surface area contributed by atoms with Gasteiger partial charge in [0.05, 0.1) is 24.1 Å². The van der Waals surface area contributed by atoms with Crippen LogP contribution in [0.25, 0.3) is 0 Å². The number of piperidine rings is 1. The number of hydrogen-bond donors (Lipinski definition) is 1. The van der Waals surface area contributed by atoms with Crippen molar-refractivity contribution in [3.05, 3.63) is 29.8 Å². The summed E-state index contributed by atoms with van der Waals surface area (Å²) in [6.07, 6.45) is -2.91. The van der Waals surface area contributed by atoms with Crippen LogP contribution >= 0.6 is 0 Å². The summed E-state index contributed by atoms with van der Waals surface area (Å²) in [5.74, 6) is -0.841. The predicted molar refractivity (Wildman–Crippen MR) is 90.5 cm³/mol. The van der Waals surface area contributed by atoms with Crippen LogP contribution in [-0.4, -0.2) is 42.5 Å². The van der Waals surface area contributed by atoms with Gasteiger partial charge in [-0.05, 0) is 57.5 Å². The summed E-state index contributed by atoms with van der Waals surface area (Å²) in [5, 5.41) is 2.62. The van der Waals surface area contributed by atoms with Crippen molar-refractivity contribution in [3.8, 4) is 0 Å². The molecule has 0 saturated carbocycles. The van der Waals surface area contributed by atoms with Gasteiger partial charge in [0, 0.05) is 12.2 Å². The minimum Gasteiger partial charge on any atom is -0.466 e. The molecule has 1 fully saturated rings. The van der Waals surface area contributed by atoms with Crippen molar-refractivity contribution in [2.75, 3.05) is 25.0 Å². The van der Waals surface area contributed by atoms with Gasteiger partial charge in [0.25, 0.3) is 0 Å². The van der Waals surface area contributed by atoms with E-state index in [1.165, 1.54) is 12.1 Å². The van der Waals surface area contributed by atoms with Gasteiger partial charge in [-0.15, -0.1) is 0 Å². The van der Waals surface area contributed by atoms with Crippen LogP contribution in [0, 0.1) is 5.92 Å². The number of halogens is 3. The Kier molecular flexibility index (Phi) is 6.63. The molecule has 1 saturated heterocycles. The van der Waals surface area contributed by atoms with Gasteiger partial charge in [-0.1, -0.05) is 0 Å². The first-order valence-electron chi connectivity index (χ1n) is 8.61. The quantitative estimate of drug-likeness (QED) is 0.806. The van der Waals surface area contributed by atoms with Crippen LogP contribution in [0.2, 0.25) is 0 Å². The number of benzene rings is 1. The molecule has 1 N–H and O–H groups in total. The van der Waals surface area contributed by atoms with E-state index < -0.39 is 17.8 Å². The van der Waals surface area contributed by atoms with Crippen molar-refractivity contribution in [2.24, 2.45) is 5.92 Å². The minimum absolute atomic E-state index is 0.257. The lowest BCUT2D eigenvalue weighted by Crippen LogP contribution is -2.48. The molecule has 0 unspecified atom stereocenters. The summed E-state index contributed by atoms with van der Waals surface area (Å²) >= 11 is 0. The van der Waals surface area contributed by atoms with Crippen LogP contribution in [0.4, 0.5) is 18.9 Å². The Morgan fingerprint density at radius 2 is 1.96 bits per heavy atom. The normalized spacial score (nSPS) is 19.7. The van der Waals surface area contributed by atoms with E-state index in [-0.39, 0.29) is 17.8 Å². The smallest absolute Gasteiger partial charge is 0.416 e. The van der Waals surface area contributed by atoms with E-state index >= 15 is 0 Å². The molecule has 26 heavy (non-hydrogen) atoms. The number of nitrogens with zero attached hydrogens (tertiary/aromatic N) is 1. The SMILES string of the molecule is CCOC(=O)[C@H]1CCCN([C@H](C)C(=O)Nc2ccc(C(F)(F)F)cc2)C1. The number of carbonyl (C=O) groups is 2. The average Bonchev–Trinajstić information content (AvgIpc) is 2.61. The highest BCUT2D eigenvalue weighted by Crippen LogP contribution is 2.30. The minimum atomic E-state index is -4.41. The molecule has 5 nitrogen and oxygen atoms in total. The summed E-state index contributed by atoms with van der Waals surface area (Å²) in [6.45, 7) is 4.89. The molecular weight excluding hydrogens is 349 g/mol. The predicted octanol–water partition coefficient (Wildman–Crippen LogP) is 3.31. The fourth-order valence-electron chi connectivity index (χ4n) is 2.97. The molecule has 0 aliphatic carbocycles. The van der Waals surface area contributed by atoms with E-state index in [0.29, 0.717) is 25.4 Å². The van der Waals surface area contributed by atoms with E-state index in [4.69, 9.17) is 4.74 Å². The first-order valence-corrected chi connectivity index (χ1v) is 8.61. The summed E-state index contributed by atoms with van der Waals surface area (Å²) in [4.78, 5) is 26.2. The summed E-state index contributed by atoms with van der Waals surface area (Å²) in [6, 6.07) is 3.81. The molecule has 0 bridgehead atoms. The Labute approximate surface area is 150 Å². The van der Waals surface area contributed by atoms with E-state index in [9.17, 15) is 22.8 Å². The molecule has 0 aromatic heterocycles. The standard InChI is InChI=1S/C18H23F3N2O3/c1-3-26-17(25)13-5-4-10-23(11-13)12(2)16(24)22-15-8-6-14(7-9-15)18(19,20)21/h6-9,12-13H,3-5,10-11H2,1-2H3,(H,22,24)/t12-,13+/m1/s1. The molecule has 0 radical (unpaired) electrons. The number of rotatable bonds is 5. The van der Waals surface area contributed by atoms with E-state index in [1.54, 1.807) is 13.8 Å². The molecule has 1 aromatic rings. The van der Waals surface area contributed by atoms with Crippen LogP contribution in [0.15, 0.2) is 24.3 Å². The lowest BCUT2D eigenvalue weighted by molar-refractivity contribution is -0.150. The molecule has 1 aliphatic heterocycles. The average molecular weight is 372 g/mol. The van der Waals surface area contributed by atoms with E-state index in [2.05, 4.69) is 5.32 Å². The zero-order chi connectivity index (χ0) is 19.3. The monoisotopic (exact) mass is 372 g/mol. The number of hydrogen-bond acceptors (Lipinski definition) is 4. The summed E-state index contributed by atoms with van der Waals surface area (Å²) in [7, 11) is 0. The topological polar surface area (TPSA) is 58.6 Å². The van der Waals surface area contributed by atoms with Crippen LogP contribution in [0.3, 0.4) is 0 Å². The number of amides is 1. The maximum atomic E-state index is 12.6. The summed E-state index contributed by atoms with van der Waals surface area (Å²) in [5.41, 5.74) is -0.467. The number of alkyl halides is 3. The molecule has 1 aromatic carbocycles. The maximum Gasteiger partial charge on any atom is 0.416 e. The fraction of sp³-hybridized carbons (Fsp3) is 0.556. The molecule has 8 heteroatoms. The zero-order valence-electron chi connectivity index (χ0n) is 14.8. The number of anilines is 1. The molecule has 1 aliphatic rings. The van der Waals surface area contributed by atoms with Crippen LogP contribution in [0.5, 0.6) is 0 Å². The lowest BCUT2D eigenvalue weighted by Gasteiger charge is -2.35. The Balaban J connectivity index is 1.95. The van der Waals surface area contributed by atoms with Crippen LogP contribution in [-0.2, 0) is 20.5 Å². The highest BCUT2D eigenvalue weighted by atomic mass is 19.4. The Morgan fingerprint density at radius 1 is 1.31 bits per heavy atom. The van der Waals surface area contributed by atoms with Gasteiger partial charge in [0.15, 0.2) is 0 Å². The first-order chi connectivity index (χ1) is 12.2. The number of nitrogens with one attached hydrogen (secondary N) is 1. The number of likely N-dealkylation sites (tertiary alicyclic amines) is 1. The molecule has 0 spiro atoms. The van der Waals surface area contributed by atoms with Gasteiger partial charge in [-0.3, -0.25) is 14.5 Å². The van der Waals surface area contributed by atoms with Crippen molar-refractivity contribution in [1.82, 2.24) is 4.90 Å². The second-order valence-corrected chi connectivity index (χ2v) is 6.33. The van der Waals surface area contributed by atoms with Crippen LogP contribution in [0.1, 0.15) is 32.3 Å². The van der Waals surface area contributed by atoms with E-state index in [1.807, 2.05) is 4.90 Å². The largest absolute Gasteiger partial charge is 0.466 e. The zero-order valence-corrected chi connectivity index (χ0v) is 14.8. The third-order valence-electron chi connectivity index (χ3n) is 4.48. The Morgan fingerprint density at radius 3 is 2.54 bits per heavy atom. The lowest BCUT2D eigenvalue weighted by atomic mass is 9.97. The van der Waals surface area contributed by atoms with Gasteiger partial charge in [0.2, 0.25) is 5.91 Å². The summed E-state index contributed by atoms with van der Waals surface area (Å²) < 4.78 is 42.8. The van der Waals surface area contributed by atoms with Crippen LogP contribution < -0.4 is 5.32 Å². The fourth-order valence-corrected chi connectivity index (χ4v) is 2.97. The first kappa shape index (κ1) is 20.2. The number of carbonyl (C=O) groups excluding carboxylic acids is 2. The Bertz CT molecular complexity index is 632. The van der Waals surface area contributed by atoms with Crippen molar-refractivity contribution in [2.45, 2.75) is 38.9 Å². The second kappa shape index (κ2) is 8.53. The van der Waals surface area contributed by atoms with Crippen molar-refractivity contribution < 1.29 is 27.5 Å². The number of esters is 1. The van der Waals surface area contributed by atoms with Crippen molar-refractivity contribution in [3.63, 3.8) is 0 Å².